The summed E-state index contributed by atoms with van der Waals surface area (Å²) in [6, 6.07) is 3.87. The molecule has 0 amide bonds. The Bertz CT molecular complexity index is 453. The second-order valence-corrected chi connectivity index (χ2v) is 4.29. The summed E-state index contributed by atoms with van der Waals surface area (Å²) < 4.78 is 27.7. The zero-order valence-corrected chi connectivity index (χ0v) is 9.87. The fourth-order valence-corrected chi connectivity index (χ4v) is 2.40. The molecule has 1 aliphatic heterocycles. The highest BCUT2D eigenvalue weighted by Crippen LogP contribution is 2.35. The molecule has 1 aromatic carbocycles. The van der Waals surface area contributed by atoms with Gasteiger partial charge in [0.15, 0.2) is 5.96 Å². The number of nitrogens with two attached hydrogens (primary N) is 1. The molecule has 5 heteroatoms. The van der Waals surface area contributed by atoms with E-state index in [9.17, 15) is 8.78 Å². The van der Waals surface area contributed by atoms with Crippen molar-refractivity contribution in [3.8, 4) is 0 Å². The molecule has 0 radical (unpaired) electrons. The van der Waals surface area contributed by atoms with E-state index in [1.165, 1.54) is 18.2 Å². The summed E-state index contributed by atoms with van der Waals surface area (Å²) >= 11 is 0. The summed E-state index contributed by atoms with van der Waals surface area (Å²) in [5.74, 6) is -0.788. The van der Waals surface area contributed by atoms with Crippen LogP contribution in [-0.2, 0) is 5.54 Å². The van der Waals surface area contributed by atoms with Gasteiger partial charge in [0.05, 0.1) is 17.6 Å². The minimum atomic E-state index is -0.839. The van der Waals surface area contributed by atoms with E-state index in [0.717, 1.165) is 0 Å². The van der Waals surface area contributed by atoms with Crippen molar-refractivity contribution in [2.45, 2.75) is 19.4 Å². The van der Waals surface area contributed by atoms with Crippen LogP contribution in [0.5, 0.6) is 0 Å². The van der Waals surface area contributed by atoms with Crippen LogP contribution in [0.3, 0.4) is 0 Å². The third-order valence-electron chi connectivity index (χ3n) is 3.24. The number of guanidine groups is 1. The lowest BCUT2D eigenvalue weighted by Crippen LogP contribution is -2.48. The number of nitrogens with zero attached hydrogens (tertiary/aromatic N) is 2. The quantitative estimate of drug-likeness (QED) is 0.855. The van der Waals surface area contributed by atoms with Crippen LogP contribution in [-0.4, -0.2) is 23.9 Å². The molecule has 1 unspecified atom stereocenters. The van der Waals surface area contributed by atoms with Crippen LogP contribution >= 0.6 is 0 Å². The van der Waals surface area contributed by atoms with Gasteiger partial charge in [0, 0.05) is 6.54 Å². The topological polar surface area (TPSA) is 41.6 Å². The van der Waals surface area contributed by atoms with Crippen LogP contribution in [0.25, 0.3) is 0 Å². The van der Waals surface area contributed by atoms with Crippen LogP contribution in [0.4, 0.5) is 8.78 Å². The van der Waals surface area contributed by atoms with E-state index in [2.05, 4.69) is 4.99 Å². The molecule has 0 saturated heterocycles. The molecule has 1 atom stereocenters. The highest BCUT2D eigenvalue weighted by Gasteiger charge is 2.42. The summed E-state index contributed by atoms with van der Waals surface area (Å²) in [7, 11) is 0. The molecular weight excluding hydrogens is 224 g/mol. The standard InChI is InChI=1S/C12H15F2N3/c1-3-17-11(15)16-7-12(17,2)10-8(13)5-4-6-9(10)14/h4-6H,3,7H2,1-2H3,(H2,15,16). The molecule has 0 aromatic heterocycles. The molecule has 2 rings (SSSR count). The van der Waals surface area contributed by atoms with Gasteiger partial charge in [0.1, 0.15) is 11.6 Å². The molecule has 1 heterocycles. The van der Waals surface area contributed by atoms with E-state index in [1.807, 2.05) is 6.92 Å². The van der Waals surface area contributed by atoms with Crippen LogP contribution < -0.4 is 5.73 Å². The average Bonchev–Trinajstić information content (AvgIpc) is 2.54. The lowest BCUT2D eigenvalue weighted by molar-refractivity contribution is 0.220. The SMILES string of the molecule is CCN1C(N)=NCC1(C)c1c(F)cccc1F. The first-order chi connectivity index (χ1) is 8.00. The average molecular weight is 239 g/mol. The molecule has 1 aromatic rings. The maximum atomic E-state index is 13.8. The molecule has 0 aliphatic carbocycles. The largest absolute Gasteiger partial charge is 0.370 e. The maximum Gasteiger partial charge on any atom is 0.192 e. The monoisotopic (exact) mass is 239 g/mol. The van der Waals surface area contributed by atoms with Crippen molar-refractivity contribution in [3.63, 3.8) is 0 Å². The second kappa shape index (κ2) is 3.98. The number of hydrogen-bond donors (Lipinski definition) is 1. The minimum absolute atomic E-state index is 0.0334. The Morgan fingerprint density at radius 1 is 1.41 bits per heavy atom. The third kappa shape index (κ3) is 1.66. The number of aliphatic imine (C=N–C) groups is 1. The molecule has 0 fully saturated rings. The fourth-order valence-electron chi connectivity index (χ4n) is 2.40. The number of rotatable bonds is 2. The summed E-state index contributed by atoms with van der Waals surface area (Å²) in [5.41, 5.74) is 4.93. The Labute approximate surface area is 98.9 Å². The van der Waals surface area contributed by atoms with Crippen LogP contribution in [0.1, 0.15) is 19.4 Å². The van der Waals surface area contributed by atoms with Crippen molar-refractivity contribution in [2.24, 2.45) is 10.7 Å². The van der Waals surface area contributed by atoms with Crippen LogP contribution in [0.2, 0.25) is 0 Å². The molecule has 0 saturated carbocycles. The van der Waals surface area contributed by atoms with Crippen LogP contribution in [0, 0.1) is 11.6 Å². The number of likely N-dealkylation sites (N-methyl/N-ethyl adjacent to an activating group) is 1. The van der Waals surface area contributed by atoms with Gasteiger partial charge in [-0.05, 0) is 26.0 Å². The molecule has 92 valence electrons. The Balaban J connectivity index is 2.53. The molecule has 0 spiro atoms. The normalized spacial score (nSPS) is 24.0. The minimum Gasteiger partial charge on any atom is -0.370 e. The molecular formula is C12H15F2N3. The van der Waals surface area contributed by atoms with Gasteiger partial charge in [-0.3, -0.25) is 4.99 Å². The van der Waals surface area contributed by atoms with Gasteiger partial charge >= 0.3 is 0 Å². The maximum absolute atomic E-state index is 13.8. The van der Waals surface area contributed by atoms with Gasteiger partial charge < -0.3 is 10.6 Å². The molecule has 1 aliphatic rings. The zero-order valence-electron chi connectivity index (χ0n) is 9.87. The summed E-state index contributed by atoms with van der Waals surface area (Å²) in [6.45, 7) is 4.45. The molecule has 2 N–H and O–H groups in total. The summed E-state index contributed by atoms with van der Waals surface area (Å²) in [6.07, 6.45) is 0. The van der Waals surface area contributed by atoms with Crippen molar-refractivity contribution in [1.29, 1.82) is 0 Å². The van der Waals surface area contributed by atoms with E-state index in [0.29, 0.717) is 12.5 Å². The fraction of sp³-hybridized carbons (Fsp3) is 0.417. The first-order valence-electron chi connectivity index (χ1n) is 5.52. The molecule has 0 bridgehead atoms. The predicted octanol–water partition coefficient (Wildman–Crippen LogP) is 1.83. The lowest BCUT2D eigenvalue weighted by atomic mass is 9.90. The number of benzene rings is 1. The summed E-state index contributed by atoms with van der Waals surface area (Å²) in [4.78, 5) is 5.80. The third-order valence-corrected chi connectivity index (χ3v) is 3.24. The Hall–Kier alpha value is -1.65. The first-order valence-corrected chi connectivity index (χ1v) is 5.52. The van der Waals surface area contributed by atoms with E-state index in [4.69, 9.17) is 5.73 Å². The van der Waals surface area contributed by atoms with Crippen molar-refractivity contribution in [2.75, 3.05) is 13.1 Å². The number of hydrogen-bond acceptors (Lipinski definition) is 3. The lowest BCUT2D eigenvalue weighted by Gasteiger charge is -2.36. The van der Waals surface area contributed by atoms with Crippen molar-refractivity contribution in [3.05, 3.63) is 35.4 Å². The highest BCUT2D eigenvalue weighted by atomic mass is 19.1. The summed E-state index contributed by atoms with van der Waals surface area (Å²) in [5, 5.41) is 0. The predicted molar refractivity (Wildman–Crippen MR) is 62.6 cm³/mol. The van der Waals surface area contributed by atoms with Crippen LogP contribution in [0.15, 0.2) is 23.2 Å². The highest BCUT2D eigenvalue weighted by molar-refractivity contribution is 5.81. The second-order valence-electron chi connectivity index (χ2n) is 4.29. The molecule has 3 nitrogen and oxygen atoms in total. The van der Waals surface area contributed by atoms with Crippen molar-refractivity contribution < 1.29 is 8.78 Å². The van der Waals surface area contributed by atoms with Gasteiger partial charge in [0.2, 0.25) is 0 Å². The zero-order chi connectivity index (χ0) is 12.6. The van der Waals surface area contributed by atoms with Crippen molar-refractivity contribution in [1.82, 2.24) is 4.90 Å². The van der Waals surface area contributed by atoms with Gasteiger partial charge in [-0.15, -0.1) is 0 Å². The Morgan fingerprint density at radius 3 is 2.53 bits per heavy atom. The Kier molecular flexibility index (Phi) is 2.77. The smallest absolute Gasteiger partial charge is 0.192 e. The van der Waals surface area contributed by atoms with E-state index >= 15 is 0 Å². The molecule has 17 heavy (non-hydrogen) atoms. The van der Waals surface area contributed by atoms with Gasteiger partial charge in [-0.1, -0.05) is 6.07 Å². The van der Waals surface area contributed by atoms with Gasteiger partial charge in [-0.25, -0.2) is 8.78 Å². The van der Waals surface area contributed by atoms with Gasteiger partial charge in [-0.2, -0.15) is 0 Å². The van der Waals surface area contributed by atoms with E-state index in [-0.39, 0.29) is 12.1 Å². The number of halogens is 2. The Morgan fingerprint density at radius 2 is 2.00 bits per heavy atom. The van der Waals surface area contributed by atoms with Crippen molar-refractivity contribution >= 4 is 5.96 Å². The first kappa shape index (κ1) is 11.8. The van der Waals surface area contributed by atoms with E-state index in [1.54, 1.807) is 11.8 Å². The van der Waals surface area contributed by atoms with Gasteiger partial charge in [0.25, 0.3) is 0 Å². The van der Waals surface area contributed by atoms with E-state index < -0.39 is 17.2 Å².